The molecule has 2 aromatic carbocycles. The Kier molecular flexibility index (Phi) is 6.98. The molecule has 2 atom stereocenters. The lowest BCUT2D eigenvalue weighted by Crippen LogP contribution is -2.46. The van der Waals surface area contributed by atoms with E-state index in [4.69, 9.17) is 0 Å². The first-order valence-electron chi connectivity index (χ1n) is 11.0. The minimum absolute atomic E-state index is 0.145. The topological polar surface area (TPSA) is 98.4 Å². The van der Waals surface area contributed by atoms with Crippen molar-refractivity contribution in [1.82, 2.24) is 25.1 Å². The van der Waals surface area contributed by atoms with Gasteiger partial charge in [-0.15, -0.1) is 12.6 Å². The van der Waals surface area contributed by atoms with E-state index in [2.05, 4.69) is 27.9 Å². The van der Waals surface area contributed by atoms with Crippen LogP contribution in [0.3, 0.4) is 0 Å². The summed E-state index contributed by atoms with van der Waals surface area (Å²) in [5.41, 5.74) is 1.80. The van der Waals surface area contributed by atoms with E-state index in [1.54, 1.807) is 22.3 Å². The lowest BCUT2D eigenvalue weighted by atomic mass is 9.98. The number of aromatic amines is 1. The number of imidazole rings is 1. The number of rotatable bonds is 9. The number of nitrogens with one attached hydrogen (secondary N) is 2. The number of carbonyl (C=O) groups is 3. The summed E-state index contributed by atoms with van der Waals surface area (Å²) >= 11 is 3.90. The molecule has 0 spiro atoms. The van der Waals surface area contributed by atoms with Gasteiger partial charge in [0.15, 0.2) is 0 Å². The van der Waals surface area contributed by atoms with Crippen molar-refractivity contribution in [2.75, 3.05) is 13.1 Å². The van der Waals surface area contributed by atoms with Gasteiger partial charge in [0.25, 0.3) is 0 Å². The van der Waals surface area contributed by atoms with Crippen molar-refractivity contribution in [3.8, 4) is 0 Å². The Hall–Kier alpha value is -3.33. The molecule has 1 aromatic heterocycles. The first kappa shape index (κ1) is 22.8. The van der Waals surface area contributed by atoms with E-state index in [0.717, 1.165) is 28.5 Å². The molecule has 4 rings (SSSR count). The second-order valence-electron chi connectivity index (χ2n) is 8.20. The first-order chi connectivity index (χ1) is 16.0. The summed E-state index contributed by atoms with van der Waals surface area (Å²) in [5.74, 6) is -0.377. The van der Waals surface area contributed by atoms with Crippen LogP contribution in [0.25, 0.3) is 10.8 Å². The number of H-pyrrole nitrogens is 1. The van der Waals surface area contributed by atoms with Crippen molar-refractivity contribution in [2.45, 2.75) is 38.4 Å². The molecule has 1 saturated heterocycles. The molecule has 0 aliphatic carbocycles. The largest absolute Gasteiger partial charge is 0.347 e. The number of hydrogen-bond acceptors (Lipinski definition) is 4. The van der Waals surface area contributed by atoms with Crippen LogP contribution in [0, 0.1) is 0 Å². The van der Waals surface area contributed by atoms with Crippen LogP contribution < -0.4 is 5.32 Å². The molecule has 2 unspecified atom stereocenters. The number of hydrogen-bond donors (Lipinski definition) is 3. The van der Waals surface area contributed by atoms with Crippen molar-refractivity contribution in [3.05, 3.63) is 66.2 Å². The van der Waals surface area contributed by atoms with Crippen molar-refractivity contribution in [1.29, 1.82) is 0 Å². The highest BCUT2D eigenvalue weighted by Crippen LogP contribution is 2.34. The molecular weight excluding hydrogens is 438 g/mol. The van der Waals surface area contributed by atoms with E-state index in [1.807, 2.05) is 49.4 Å². The predicted molar refractivity (Wildman–Crippen MR) is 129 cm³/mol. The monoisotopic (exact) mass is 465 g/mol. The van der Waals surface area contributed by atoms with Gasteiger partial charge in [0.1, 0.15) is 6.54 Å². The van der Waals surface area contributed by atoms with E-state index in [1.165, 1.54) is 0 Å². The summed E-state index contributed by atoms with van der Waals surface area (Å²) in [7, 11) is 0. The Bertz CT molecular complexity index is 1140. The van der Waals surface area contributed by atoms with Crippen molar-refractivity contribution < 1.29 is 14.4 Å². The fraction of sp³-hybridized carbons (Fsp3) is 0.333. The molecular formula is C24H27N5O3S. The third-order valence-electron chi connectivity index (χ3n) is 5.91. The molecule has 2 heterocycles. The molecule has 1 aliphatic rings. The van der Waals surface area contributed by atoms with Crippen LogP contribution in [0.15, 0.2) is 55.0 Å². The molecule has 0 saturated carbocycles. The Morgan fingerprint density at radius 3 is 2.76 bits per heavy atom. The molecule has 33 heavy (non-hydrogen) atoms. The van der Waals surface area contributed by atoms with Gasteiger partial charge in [0, 0.05) is 12.7 Å². The number of aromatic nitrogens is 2. The lowest BCUT2D eigenvalue weighted by Gasteiger charge is -2.25. The van der Waals surface area contributed by atoms with Gasteiger partial charge in [0.2, 0.25) is 11.0 Å². The molecule has 0 bridgehead atoms. The highest BCUT2D eigenvalue weighted by Gasteiger charge is 2.40. The number of thiol groups is 1. The maximum Gasteiger partial charge on any atom is 0.321 e. The van der Waals surface area contributed by atoms with Crippen molar-refractivity contribution in [3.63, 3.8) is 0 Å². The van der Waals surface area contributed by atoms with Crippen LogP contribution in [0.5, 0.6) is 0 Å². The fourth-order valence-electron chi connectivity index (χ4n) is 4.34. The third kappa shape index (κ3) is 5.03. The number of carbonyl (C=O) groups excluding carboxylic acids is 3. The summed E-state index contributed by atoms with van der Waals surface area (Å²) in [6.45, 7) is 2.59. The van der Waals surface area contributed by atoms with Gasteiger partial charge in [-0.3, -0.25) is 9.59 Å². The number of nitrogens with zero attached hydrogens (tertiary/aromatic N) is 3. The fourth-order valence-corrected chi connectivity index (χ4v) is 4.53. The molecule has 3 aromatic rings. The lowest BCUT2D eigenvalue weighted by molar-refractivity contribution is -0.125. The highest BCUT2D eigenvalue weighted by molar-refractivity contribution is 7.96. The van der Waals surface area contributed by atoms with Gasteiger partial charge in [0.05, 0.1) is 30.6 Å². The summed E-state index contributed by atoms with van der Waals surface area (Å²) < 4.78 is 0. The second kappa shape index (κ2) is 10.1. The van der Waals surface area contributed by atoms with Crippen molar-refractivity contribution in [2.24, 2.45) is 0 Å². The quantitative estimate of drug-likeness (QED) is 0.423. The van der Waals surface area contributed by atoms with E-state index in [9.17, 15) is 14.4 Å². The smallest absolute Gasteiger partial charge is 0.321 e. The van der Waals surface area contributed by atoms with Crippen molar-refractivity contribution >= 4 is 40.5 Å². The summed E-state index contributed by atoms with van der Waals surface area (Å²) in [5, 5.41) is 4.47. The van der Waals surface area contributed by atoms with Crippen LogP contribution in [0.4, 0.5) is 4.79 Å². The average Bonchev–Trinajstić information content (AvgIpc) is 3.42. The number of benzene rings is 2. The third-order valence-corrected chi connectivity index (χ3v) is 6.22. The Morgan fingerprint density at radius 1 is 1.24 bits per heavy atom. The molecule has 3 amide bonds. The van der Waals surface area contributed by atoms with Gasteiger partial charge in [-0.1, -0.05) is 55.8 Å². The average molecular weight is 466 g/mol. The van der Waals surface area contributed by atoms with Crippen LogP contribution in [0.2, 0.25) is 0 Å². The Morgan fingerprint density at radius 2 is 2.03 bits per heavy atom. The zero-order valence-electron chi connectivity index (χ0n) is 18.4. The van der Waals surface area contributed by atoms with Gasteiger partial charge in [-0.05, 0) is 22.8 Å². The Labute approximate surface area is 197 Å². The normalized spacial score (nSPS) is 16.9. The SMILES string of the molecule is CCCC(NC(=O)CN1C(=O)N(Cc2cnc[nH]2)CC1c1cccc2ccccc12)C(=O)S. The molecule has 8 nitrogen and oxygen atoms in total. The van der Waals surface area contributed by atoms with E-state index >= 15 is 0 Å². The summed E-state index contributed by atoms with van der Waals surface area (Å²) in [6, 6.07) is 12.8. The molecule has 2 N–H and O–H groups in total. The second-order valence-corrected chi connectivity index (χ2v) is 8.64. The minimum Gasteiger partial charge on any atom is -0.347 e. The molecule has 0 radical (unpaired) electrons. The standard InChI is InChI=1S/C24H27N5O3S/c1-2-6-20(23(31)33)27-22(30)14-29-21(13-28(24(29)32)12-17-11-25-15-26-17)19-10-5-8-16-7-3-4-9-18(16)19/h3-5,7-11,15,20-21H,2,6,12-14H2,1H3,(H,25,26)(H,27,30)(H,31,33). The van der Waals surface area contributed by atoms with E-state index in [0.29, 0.717) is 19.5 Å². The minimum atomic E-state index is -0.666. The van der Waals surface area contributed by atoms with Gasteiger partial charge < -0.3 is 20.1 Å². The zero-order chi connectivity index (χ0) is 23.4. The number of amides is 3. The summed E-state index contributed by atoms with van der Waals surface area (Å²) in [6.07, 6.45) is 4.49. The molecule has 9 heteroatoms. The summed E-state index contributed by atoms with van der Waals surface area (Å²) in [4.78, 5) is 48.4. The Balaban J connectivity index is 1.62. The maximum absolute atomic E-state index is 13.4. The van der Waals surface area contributed by atoms with Crippen LogP contribution >= 0.6 is 12.6 Å². The predicted octanol–water partition coefficient (Wildman–Crippen LogP) is 3.28. The van der Waals surface area contributed by atoms with Crippen LogP contribution in [-0.2, 0) is 16.1 Å². The van der Waals surface area contributed by atoms with Crippen LogP contribution in [0.1, 0.15) is 37.1 Å². The maximum atomic E-state index is 13.4. The molecule has 1 aliphatic heterocycles. The molecule has 1 fully saturated rings. The number of urea groups is 1. The van der Waals surface area contributed by atoms with E-state index in [-0.39, 0.29) is 29.6 Å². The number of fused-ring (bicyclic) bond motifs is 1. The zero-order valence-corrected chi connectivity index (χ0v) is 19.3. The van der Waals surface area contributed by atoms with Gasteiger partial charge in [-0.2, -0.15) is 0 Å². The van der Waals surface area contributed by atoms with Crippen LogP contribution in [-0.4, -0.2) is 56.0 Å². The molecule has 172 valence electrons. The van der Waals surface area contributed by atoms with Gasteiger partial charge >= 0.3 is 6.03 Å². The van der Waals surface area contributed by atoms with E-state index < -0.39 is 6.04 Å². The highest BCUT2D eigenvalue weighted by atomic mass is 32.1. The van der Waals surface area contributed by atoms with Gasteiger partial charge in [-0.25, -0.2) is 9.78 Å². The first-order valence-corrected chi connectivity index (χ1v) is 11.4.